The Kier molecular flexibility index (Phi) is 7.43. The number of benzene rings is 1. The first-order valence-electron chi connectivity index (χ1n) is 12.7. The maximum atomic E-state index is 13.5. The van der Waals surface area contributed by atoms with E-state index in [0.717, 1.165) is 37.8 Å². The van der Waals surface area contributed by atoms with Crippen molar-refractivity contribution in [1.29, 1.82) is 0 Å². The molecule has 36 heavy (non-hydrogen) atoms. The molecule has 0 spiro atoms. The SMILES string of the molecule is O=c1c(OC2CCCC2)c(N2CCN(S(=O)(=O)CCC3=CCNC=C3)CC2)cnn1-c1ccccc1. The number of nitrogens with zero attached hydrogens (tertiary/aromatic N) is 4. The summed E-state index contributed by atoms with van der Waals surface area (Å²) in [5.41, 5.74) is 2.07. The Morgan fingerprint density at radius 1 is 1.06 bits per heavy atom. The van der Waals surface area contributed by atoms with Gasteiger partial charge < -0.3 is 15.0 Å². The monoisotopic (exact) mass is 511 g/mol. The summed E-state index contributed by atoms with van der Waals surface area (Å²) >= 11 is 0. The summed E-state index contributed by atoms with van der Waals surface area (Å²) in [7, 11) is -3.37. The summed E-state index contributed by atoms with van der Waals surface area (Å²) in [4.78, 5) is 15.5. The largest absolute Gasteiger partial charge is 0.483 e. The maximum absolute atomic E-state index is 13.5. The van der Waals surface area contributed by atoms with Gasteiger partial charge in [0.1, 0.15) is 5.69 Å². The Hall–Kier alpha value is -3.11. The van der Waals surface area contributed by atoms with Crippen molar-refractivity contribution >= 4 is 15.7 Å². The van der Waals surface area contributed by atoms with Crippen molar-refractivity contribution in [3.63, 3.8) is 0 Å². The first kappa shape index (κ1) is 24.6. The average molecular weight is 512 g/mol. The van der Waals surface area contributed by atoms with Crippen molar-refractivity contribution in [2.75, 3.05) is 43.4 Å². The lowest BCUT2D eigenvalue weighted by Crippen LogP contribution is -2.49. The van der Waals surface area contributed by atoms with Gasteiger partial charge >= 0.3 is 5.56 Å². The number of para-hydroxylation sites is 1. The number of piperazine rings is 1. The summed E-state index contributed by atoms with van der Waals surface area (Å²) in [5, 5.41) is 7.52. The van der Waals surface area contributed by atoms with E-state index in [1.54, 1.807) is 10.5 Å². The third-order valence-corrected chi connectivity index (χ3v) is 8.89. The fourth-order valence-corrected chi connectivity index (χ4v) is 6.42. The number of anilines is 1. The molecule has 3 heterocycles. The molecule has 1 N–H and O–H groups in total. The Balaban J connectivity index is 1.32. The van der Waals surface area contributed by atoms with E-state index in [1.165, 1.54) is 4.68 Å². The topological polar surface area (TPSA) is 96.8 Å². The first-order chi connectivity index (χ1) is 17.5. The molecule has 0 atom stereocenters. The van der Waals surface area contributed by atoms with Crippen molar-refractivity contribution in [1.82, 2.24) is 19.4 Å². The van der Waals surface area contributed by atoms with E-state index >= 15 is 0 Å². The molecule has 0 amide bonds. The molecule has 1 saturated heterocycles. The van der Waals surface area contributed by atoms with Crippen LogP contribution in [-0.2, 0) is 10.0 Å². The lowest BCUT2D eigenvalue weighted by molar-refractivity contribution is 0.205. The van der Waals surface area contributed by atoms with Gasteiger partial charge in [0.25, 0.3) is 0 Å². The van der Waals surface area contributed by atoms with Crippen molar-refractivity contribution in [2.45, 2.75) is 38.2 Å². The van der Waals surface area contributed by atoms with Crippen LogP contribution in [0, 0.1) is 0 Å². The quantitative estimate of drug-likeness (QED) is 0.582. The normalized spacial score (nSPS) is 19.2. The van der Waals surface area contributed by atoms with Gasteiger partial charge in [0.05, 0.1) is 23.7 Å². The highest BCUT2D eigenvalue weighted by Gasteiger charge is 2.30. The van der Waals surface area contributed by atoms with E-state index in [0.29, 0.717) is 49.7 Å². The van der Waals surface area contributed by atoms with Gasteiger partial charge in [-0.25, -0.2) is 8.42 Å². The minimum Gasteiger partial charge on any atom is -0.483 e. The fraction of sp³-hybridized carbons (Fsp3) is 0.462. The van der Waals surface area contributed by atoms with Gasteiger partial charge in [0.15, 0.2) is 0 Å². The minimum absolute atomic E-state index is 0.0167. The summed E-state index contributed by atoms with van der Waals surface area (Å²) < 4.78 is 35.2. The molecule has 0 radical (unpaired) electrons. The van der Waals surface area contributed by atoms with Crippen LogP contribution in [0.4, 0.5) is 5.69 Å². The standard InChI is InChI=1S/C26H33N5O4S/c32-26-25(35-23-8-4-5-9-23)24(20-28-31(26)22-6-2-1-3-7-22)29-15-17-30(18-16-29)36(33,34)19-12-21-10-13-27-14-11-21/h1-3,6-7,10-11,13,20,23,27H,4-5,8-9,12,14-19H2. The number of hydrogen-bond acceptors (Lipinski definition) is 7. The molecule has 1 aromatic heterocycles. The van der Waals surface area contributed by atoms with Gasteiger partial charge in [0, 0.05) is 32.7 Å². The molecular weight excluding hydrogens is 478 g/mol. The van der Waals surface area contributed by atoms with Crippen LogP contribution in [0.15, 0.2) is 65.2 Å². The molecule has 192 valence electrons. The lowest BCUT2D eigenvalue weighted by atomic mass is 10.1. The second-order valence-electron chi connectivity index (χ2n) is 9.41. The highest BCUT2D eigenvalue weighted by molar-refractivity contribution is 7.89. The molecule has 5 rings (SSSR count). The zero-order valence-electron chi connectivity index (χ0n) is 20.4. The van der Waals surface area contributed by atoms with E-state index in [2.05, 4.69) is 10.4 Å². The molecule has 2 aliphatic heterocycles. The van der Waals surface area contributed by atoms with Gasteiger partial charge in [0.2, 0.25) is 15.8 Å². The molecule has 1 aromatic carbocycles. The Morgan fingerprint density at radius 2 is 1.81 bits per heavy atom. The molecule has 10 heteroatoms. The van der Waals surface area contributed by atoms with Crippen LogP contribution in [0.2, 0.25) is 0 Å². The molecule has 1 saturated carbocycles. The second kappa shape index (κ2) is 10.9. The Morgan fingerprint density at radius 3 is 2.50 bits per heavy atom. The third kappa shape index (κ3) is 5.49. The van der Waals surface area contributed by atoms with Crippen LogP contribution < -0.4 is 20.5 Å². The number of rotatable bonds is 8. The molecule has 9 nitrogen and oxygen atoms in total. The molecule has 2 fully saturated rings. The number of dihydropyridines is 1. The lowest BCUT2D eigenvalue weighted by Gasteiger charge is -2.36. The van der Waals surface area contributed by atoms with Crippen molar-refractivity contribution in [3.8, 4) is 11.4 Å². The summed E-state index contributed by atoms with van der Waals surface area (Å²) in [6, 6.07) is 9.31. The molecule has 0 bridgehead atoms. The van der Waals surface area contributed by atoms with Crippen LogP contribution in [-0.4, -0.2) is 67.1 Å². The van der Waals surface area contributed by atoms with Gasteiger partial charge in [-0.15, -0.1) is 0 Å². The number of allylic oxidation sites excluding steroid dienone is 2. The number of ether oxygens (including phenoxy) is 1. The highest BCUT2D eigenvalue weighted by atomic mass is 32.2. The van der Waals surface area contributed by atoms with E-state index in [4.69, 9.17) is 4.74 Å². The van der Waals surface area contributed by atoms with Crippen LogP contribution in [0.1, 0.15) is 32.1 Å². The van der Waals surface area contributed by atoms with Gasteiger partial charge in [-0.2, -0.15) is 14.1 Å². The van der Waals surface area contributed by atoms with Crippen LogP contribution in [0.5, 0.6) is 5.75 Å². The minimum atomic E-state index is -3.37. The second-order valence-corrected chi connectivity index (χ2v) is 11.5. The maximum Gasteiger partial charge on any atom is 0.316 e. The van der Waals surface area contributed by atoms with E-state index in [-0.39, 0.29) is 17.4 Å². The van der Waals surface area contributed by atoms with E-state index < -0.39 is 10.0 Å². The van der Waals surface area contributed by atoms with Crippen LogP contribution in [0.3, 0.4) is 0 Å². The molecular formula is C26H33N5O4S. The smallest absolute Gasteiger partial charge is 0.316 e. The zero-order chi connectivity index (χ0) is 25.0. The highest BCUT2D eigenvalue weighted by Crippen LogP contribution is 2.30. The third-order valence-electron chi connectivity index (χ3n) is 7.02. The Labute approximate surface area is 212 Å². The number of sulfonamides is 1. The van der Waals surface area contributed by atoms with Gasteiger partial charge in [-0.3, -0.25) is 4.79 Å². The van der Waals surface area contributed by atoms with Gasteiger partial charge in [-0.1, -0.05) is 24.3 Å². The van der Waals surface area contributed by atoms with Crippen molar-refractivity contribution in [2.24, 2.45) is 0 Å². The average Bonchev–Trinajstić information content (AvgIpc) is 3.43. The van der Waals surface area contributed by atoms with Gasteiger partial charge in [-0.05, 0) is 62.1 Å². The number of nitrogens with one attached hydrogen (secondary N) is 1. The van der Waals surface area contributed by atoms with E-state index in [9.17, 15) is 13.2 Å². The Bertz CT molecular complexity index is 1280. The summed E-state index contributed by atoms with van der Waals surface area (Å²) in [5.74, 6) is 0.398. The van der Waals surface area contributed by atoms with E-state index in [1.807, 2.05) is 53.6 Å². The summed E-state index contributed by atoms with van der Waals surface area (Å²) in [6.45, 7) is 2.41. The fourth-order valence-electron chi connectivity index (χ4n) is 4.95. The zero-order valence-corrected chi connectivity index (χ0v) is 21.2. The predicted molar refractivity (Wildman–Crippen MR) is 140 cm³/mol. The number of hydrogen-bond donors (Lipinski definition) is 1. The van der Waals surface area contributed by atoms with Crippen LogP contribution in [0.25, 0.3) is 5.69 Å². The molecule has 0 unspecified atom stereocenters. The molecule has 3 aliphatic rings. The summed E-state index contributed by atoms with van der Waals surface area (Å²) in [6.07, 6.45) is 12.0. The first-order valence-corrected chi connectivity index (χ1v) is 14.3. The number of aromatic nitrogens is 2. The predicted octanol–water partition coefficient (Wildman–Crippen LogP) is 2.44. The van der Waals surface area contributed by atoms with Crippen molar-refractivity contribution < 1.29 is 13.2 Å². The molecule has 1 aliphatic carbocycles. The van der Waals surface area contributed by atoms with Crippen LogP contribution >= 0.6 is 0 Å². The molecule has 2 aromatic rings. The van der Waals surface area contributed by atoms with Crippen molar-refractivity contribution in [3.05, 3.63) is 70.8 Å².